The van der Waals surface area contributed by atoms with Crippen molar-refractivity contribution in [2.75, 3.05) is 6.54 Å². The molecule has 0 saturated heterocycles. The highest BCUT2D eigenvalue weighted by atomic mass is 79.9. The van der Waals surface area contributed by atoms with Crippen LogP contribution in [0.4, 0.5) is 8.78 Å². The van der Waals surface area contributed by atoms with E-state index in [0.717, 1.165) is 12.1 Å². The van der Waals surface area contributed by atoms with Crippen molar-refractivity contribution < 1.29 is 13.6 Å². The van der Waals surface area contributed by atoms with Crippen LogP contribution in [0.1, 0.15) is 18.4 Å². The smallest absolute Gasteiger partial charge is 0.224 e. The van der Waals surface area contributed by atoms with Gasteiger partial charge in [0.2, 0.25) is 5.91 Å². The monoisotopic (exact) mass is 317 g/mol. The zero-order chi connectivity index (χ0) is 13.1. The van der Waals surface area contributed by atoms with Gasteiger partial charge in [-0.15, -0.1) is 0 Å². The molecule has 0 radical (unpaired) electrons. The van der Waals surface area contributed by atoms with Crippen LogP contribution >= 0.6 is 15.9 Å². The molecular formula is C13H14BrF2NO. The molecule has 1 aromatic rings. The summed E-state index contributed by atoms with van der Waals surface area (Å²) in [6.07, 6.45) is 2.33. The maximum atomic E-state index is 13.3. The average molecular weight is 318 g/mol. The topological polar surface area (TPSA) is 29.1 Å². The van der Waals surface area contributed by atoms with Crippen LogP contribution in [0.15, 0.2) is 18.2 Å². The second-order valence-electron chi connectivity index (χ2n) is 4.57. The highest BCUT2D eigenvalue weighted by Crippen LogP contribution is 2.36. The maximum Gasteiger partial charge on any atom is 0.224 e. The fourth-order valence-corrected chi connectivity index (χ4v) is 2.43. The van der Waals surface area contributed by atoms with E-state index >= 15 is 0 Å². The Bertz CT molecular complexity index is 449. The predicted molar refractivity (Wildman–Crippen MR) is 68.5 cm³/mol. The second-order valence-corrected chi connectivity index (χ2v) is 5.75. The van der Waals surface area contributed by atoms with Crippen LogP contribution in [0, 0.1) is 17.6 Å². The first-order valence-electron chi connectivity index (χ1n) is 5.91. The van der Waals surface area contributed by atoms with Crippen molar-refractivity contribution in [3.05, 3.63) is 35.4 Å². The molecule has 0 spiro atoms. The third-order valence-corrected chi connectivity index (χ3v) is 4.07. The first-order chi connectivity index (χ1) is 8.56. The minimum atomic E-state index is -0.678. The summed E-state index contributed by atoms with van der Waals surface area (Å²) >= 11 is 3.50. The summed E-state index contributed by atoms with van der Waals surface area (Å²) in [5.74, 6) is -0.910. The zero-order valence-corrected chi connectivity index (χ0v) is 11.3. The molecule has 0 bridgehead atoms. The minimum Gasteiger partial charge on any atom is -0.355 e. The van der Waals surface area contributed by atoms with E-state index in [0.29, 0.717) is 17.3 Å². The standard InChI is InChI=1S/C13H14BrF2NO/c14-11(8-1-2-8)7-17-13(18)5-9-3-4-10(15)6-12(9)16/h3-4,6,8,11H,1-2,5,7H2,(H,17,18). The predicted octanol–water partition coefficient (Wildman–Crippen LogP) is 2.80. The third kappa shape index (κ3) is 3.77. The number of carbonyl (C=O) groups is 1. The van der Waals surface area contributed by atoms with Gasteiger partial charge in [-0.25, -0.2) is 8.78 Å². The average Bonchev–Trinajstić information content (AvgIpc) is 3.14. The highest BCUT2D eigenvalue weighted by Gasteiger charge is 2.29. The van der Waals surface area contributed by atoms with Crippen LogP contribution in [-0.2, 0) is 11.2 Å². The molecule has 1 unspecified atom stereocenters. The lowest BCUT2D eigenvalue weighted by atomic mass is 10.1. The van der Waals surface area contributed by atoms with Gasteiger partial charge in [0.15, 0.2) is 0 Å². The number of rotatable bonds is 5. The Morgan fingerprint density at radius 2 is 2.17 bits per heavy atom. The van der Waals surface area contributed by atoms with Crippen LogP contribution in [-0.4, -0.2) is 17.3 Å². The minimum absolute atomic E-state index is 0.0590. The number of hydrogen-bond donors (Lipinski definition) is 1. The van der Waals surface area contributed by atoms with Crippen LogP contribution in [0.25, 0.3) is 0 Å². The fourth-order valence-electron chi connectivity index (χ4n) is 1.74. The molecule has 2 rings (SSSR count). The number of carbonyl (C=O) groups excluding carboxylic acids is 1. The quantitative estimate of drug-likeness (QED) is 0.831. The molecule has 1 aromatic carbocycles. The van der Waals surface area contributed by atoms with E-state index in [9.17, 15) is 13.6 Å². The van der Waals surface area contributed by atoms with Gasteiger partial charge in [0.05, 0.1) is 6.42 Å². The molecule has 1 atom stereocenters. The maximum absolute atomic E-state index is 13.3. The molecular weight excluding hydrogens is 304 g/mol. The van der Waals surface area contributed by atoms with Gasteiger partial charge in [-0.05, 0) is 30.4 Å². The van der Waals surface area contributed by atoms with Crippen LogP contribution < -0.4 is 5.32 Å². The van der Waals surface area contributed by atoms with Crippen molar-refractivity contribution in [1.82, 2.24) is 5.32 Å². The van der Waals surface area contributed by atoms with Crippen LogP contribution in [0.3, 0.4) is 0 Å². The molecule has 2 nitrogen and oxygen atoms in total. The lowest BCUT2D eigenvalue weighted by molar-refractivity contribution is -0.120. The molecule has 0 aliphatic heterocycles. The van der Waals surface area contributed by atoms with E-state index in [1.54, 1.807) is 0 Å². The summed E-state index contributed by atoms with van der Waals surface area (Å²) in [6.45, 7) is 0.548. The molecule has 0 heterocycles. The van der Waals surface area contributed by atoms with Crippen molar-refractivity contribution in [2.24, 2.45) is 5.92 Å². The molecule has 1 saturated carbocycles. The van der Waals surface area contributed by atoms with Crippen molar-refractivity contribution in [1.29, 1.82) is 0 Å². The first kappa shape index (κ1) is 13.5. The lowest BCUT2D eigenvalue weighted by Crippen LogP contribution is -2.31. The lowest BCUT2D eigenvalue weighted by Gasteiger charge is -2.10. The number of benzene rings is 1. The largest absolute Gasteiger partial charge is 0.355 e. The van der Waals surface area contributed by atoms with E-state index in [4.69, 9.17) is 0 Å². The van der Waals surface area contributed by atoms with Crippen molar-refractivity contribution >= 4 is 21.8 Å². The van der Waals surface area contributed by atoms with Gasteiger partial charge in [0.25, 0.3) is 0 Å². The summed E-state index contributed by atoms with van der Waals surface area (Å²) < 4.78 is 26.0. The number of amides is 1. The van der Waals surface area contributed by atoms with Crippen molar-refractivity contribution in [3.63, 3.8) is 0 Å². The van der Waals surface area contributed by atoms with Gasteiger partial charge in [-0.2, -0.15) is 0 Å². The molecule has 18 heavy (non-hydrogen) atoms. The number of alkyl halides is 1. The Balaban J connectivity index is 1.82. The molecule has 1 aliphatic rings. The molecule has 98 valence electrons. The van der Waals surface area contributed by atoms with E-state index in [1.165, 1.54) is 18.9 Å². The summed E-state index contributed by atoms with van der Waals surface area (Å²) in [7, 11) is 0. The number of halogens is 3. The normalized spacial score (nSPS) is 16.4. The van der Waals surface area contributed by atoms with Crippen LogP contribution in [0.5, 0.6) is 0 Å². The summed E-state index contributed by atoms with van der Waals surface area (Å²) in [4.78, 5) is 11.9. The number of nitrogens with one attached hydrogen (secondary N) is 1. The zero-order valence-electron chi connectivity index (χ0n) is 9.76. The van der Waals surface area contributed by atoms with Gasteiger partial charge < -0.3 is 5.32 Å². The van der Waals surface area contributed by atoms with Crippen LogP contribution in [0.2, 0.25) is 0 Å². The Kier molecular flexibility index (Phi) is 4.32. The second kappa shape index (κ2) is 5.78. The van der Waals surface area contributed by atoms with Gasteiger partial charge in [-0.1, -0.05) is 22.0 Å². The van der Waals surface area contributed by atoms with Gasteiger partial charge >= 0.3 is 0 Å². The van der Waals surface area contributed by atoms with Gasteiger partial charge in [-0.3, -0.25) is 4.79 Å². The SMILES string of the molecule is O=C(Cc1ccc(F)cc1F)NCC(Br)C1CC1. The molecule has 5 heteroatoms. The molecule has 0 aromatic heterocycles. The van der Waals surface area contributed by atoms with Gasteiger partial charge in [0, 0.05) is 17.4 Å². The third-order valence-electron chi connectivity index (χ3n) is 2.99. The molecule has 1 fully saturated rings. The molecule has 1 amide bonds. The summed E-state index contributed by atoms with van der Waals surface area (Å²) in [5, 5.41) is 2.75. The molecule has 1 aliphatic carbocycles. The first-order valence-corrected chi connectivity index (χ1v) is 6.82. The van der Waals surface area contributed by atoms with E-state index in [1.807, 2.05) is 0 Å². The van der Waals surface area contributed by atoms with E-state index < -0.39 is 11.6 Å². The van der Waals surface area contributed by atoms with Gasteiger partial charge in [0.1, 0.15) is 11.6 Å². The Morgan fingerprint density at radius 1 is 1.44 bits per heavy atom. The van der Waals surface area contributed by atoms with E-state index in [2.05, 4.69) is 21.2 Å². The fraction of sp³-hybridized carbons (Fsp3) is 0.462. The summed E-state index contributed by atoms with van der Waals surface area (Å²) in [6, 6.07) is 3.25. The summed E-state index contributed by atoms with van der Waals surface area (Å²) in [5.41, 5.74) is 0.214. The number of hydrogen-bond acceptors (Lipinski definition) is 1. The van der Waals surface area contributed by atoms with Crippen molar-refractivity contribution in [3.8, 4) is 0 Å². The Hall–Kier alpha value is -0.970. The highest BCUT2D eigenvalue weighted by molar-refractivity contribution is 9.09. The Morgan fingerprint density at radius 3 is 2.78 bits per heavy atom. The Labute approximate surface area is 113 Å². The molecule has 1 N–H and O–H groups in total. The van der Waals surface area contributed by atoms with Crippen molar-refractivity contribution in [2.45, 2.75) is 24.1 Å². The van der Waals surface area contributed by atoms with E-state index in [-0.39, 0.29) is 17.9 Å².